The summed E-state index contributed by atoms with van der Waals surface area (Å²) in [6.07, 6.45) is 1.36. The molecule has 0 amide bonds. The molecule has 0 bridgehead atoms. The predicted molar refractivity (Wildman–Crippen MR) is 80.1 cm³/mol. The Balaban J connectivity index is 2.54. The van der Waals surface area contributed by atoms with E-state index in [1.807, 2.05) is 37.3 Å². The average molecular weight is 282 g/mol. The topological polar surface area (TPSA) is 69.8 Å². The van der Waals surface area contributed by atoms with Gasteiger partial charge in [-0.15, -0.1) is 0 Å². The van der Waals surface area contributed by atoms with Crippen molar-refractivity contribution in [2.45, 2.75) is 13.5 Å². The van der Waals surface area contributed by atoms with Gasteiger partial charge in [0.15, 0.2) is 0 Å². The molecule has 0 saturated carbocycles. The molecule has 3 aromatic rings. The molecule has 1 aromatic carbocycles. The highest BCUT2D eigenvalue weighted by Gasteiger charge is 2.16. The van der Waals surface area contributed by atoms with E-state index < -0.39 is 0 Å². The fourth-order valence-electron chi connectivity index (χ4n) is 2.27. The SMILES string of the molecule is CCn1nc(-c2ccccc2)c2c(=O)n(C)cnc2c1=O. The molecule has 0 atom stereocenters. The van der Waals surface area contributed by atoms with Crippen molar-refractivity contribution in [3.8, 4) is 11.3 Å². The first kappa shape index (κ1) is 13.2. The van der Waals surface area contributed by atoms with Gasteiger partial charge in [0.05, 0.1) is 11.7 Å². The minimum Gasteiger partial charge on any atom is -0.302 e. The summed E-state index contributed by atoms with van der Waals surface area (Å²) in [7, 11) is 1.61. The zero-order chi connectivity index (χ0) is 15.0. The number of aryl methyl sites for hydroxylation is 2. The van der Waals surface area contributed by atoms with Crippen LogP contribution in [0.2, 0.25) is 0 Å². The van der Waals surface area contributed by atoms with Gasteiger partial charge in [-0.2, -0.15) is 5.10 Å². The van der Waals surface area contributed by atoms with E-state index in [0.717, 1.165) is 5.56 Å². The van der Waals surface area contributed by atoms with E-state index in [4.69, 9.17) is 0 Å². The lowest BCUT2D eigenvalue weighted by atomic mass is 10.1. The largest absolute Gasteiger partial charge is 0.302 e. The number of rotatable bonds is 2. The van der Waals surface area contributed by atoms with Crippen molar-refractivity contribution >= 4 is 10.9 Å². The molecular formula is C15H14N4O2. The summed E-state index contributed by atoms with van der Waals surface area (Å²) in [6, 6.07) is 9.34. The standard InChI is InChI=1S/C15H14N4O2/c1-3-19-15(21)13-11(14(20)18(2)9-16-13)12(17-19)10-7-5-4-6-8-10/h4-9H,3H2,1-2H3. The summed E-state index contributed by atoms with van der Waals surface area (Å²) in [5, 5.41) is 4.61. The molecule has 0 unspecified atom stereocenters. The summed E-state index contributed by atoms with van der Waals surface area (Å²) < 4.78 is 2.68. The highest BCUT2D eigenvalue weighted by atomic mass is 16.1. The number of benzene rings is 1. The molecule has 2 heterocycles. The number of hydrogen-bond donors (Lipinski definition) is 0. The average Bonchev–Trinajstić information content (AvgIpc) is 2.52. The Labute approximate surface area is 120 Å². The van der Waals surface area contributed by atoms with Crippen LogP contribution < -0.4 is 11.1 Å². The molecule has 0 saturated heterocycles. The molecule has 0 N–H and O–H groups in total. The van der Waals surface area contributed by atoms with Crippen LogP contribution in [0.15, 0.2) is 46.2 Å². The smallest absolute Gasteiger partial charge is 0.293 e. The third-order valence-electron chi connectivity index (χ3n) is 3.37. The molecule has 0 fully saturated rings. The van der Waals surface area contributed by atoms with E-state index in [9.17, 15) is 9.59 Å². The Kier molecular flexibility index (Phi) is 3.13. The number of hydrogen-bond acceptors (Lipinski definition) is 4. The van der Waals surface area contributed by atoms with Crippen LogP contribution in [-0.4, -0.2) is 19.3 Å². The molecule has 0 spiro atoms. The van der Waals surface area contributed by atoms with Crippen LogP contribution in [0.25, 0.3) is 22.2 Å². The molecule has 6 nitrogen and oxygen atoms in total. The molecule has 0 aliphatic carbocycles. The van der Waals surface area contributed by atoms with Gasteiger partial charge in [-0.05, 0) is 6.92 Å². The normalized spacial score (nSPS) is 11.0. The Morgan fingerprint density at radius 1 is 1.10 bits per heavy atom. The number of aromatic nitrogens is 4. The molecule has 0 radical (unpaired) electrons. The molecule has 106 valence electrons. The summed E-state index contributed by atoms with van der Waals surface area (Å²) in [6.45, 7) is 2.25. The fourth-order valence-corrected chi connectivity index (χ4v) is 2.27. The van der Waals surface area contributed by atoms with Crippen molar-refractivity contribution in [3.63, 3.8) is 0 Å². The van der Waals surface area contributed by atoms with Gasteiger partial charge in [-0.25, -0.2) is 9.67 Å². The second-order valence-corrected chi connectivity index (χ2v) is 4.72. The zero-order valence-electron chi connectivity index (χ0n) is 11.8. The summed E-state index contributed by atoms with van der Waals surface area (Å²) in [5.41, 5.74) is 0.820. The first-order chi connectivity index (χ1) is 10.1. The van der Waals surface area contributed by atoms with Crippen LogP contribution >= 0.6 is 0 Å². The van der Waals surface area contributed by atoms with Gasteiger partial charge in [0.1, 0.15) is 11.2 Å². The van der Waals surface area contributed by atoms with Crippen LogP contribution in [0.1, 0.15) is 6.92 Å². The van der Waals surface area contributed by atoms with E-state index in [2.05, 4.69) is 10.1 Å². The predicted octanol–water partition coefficient (Wildman–Crippen LogP) is 1.18. The second-order valence-electron chi connectivity index (χ2n) is 4.72. The van der Waals surface area contributed by atoms with Gasteiger partial charge in [-0.1, -0.05) is 30.3 Å². The first-order valence-electron chi connectivity index (χ1n) is 6.65. The molecule has 0 aliphatic rings. The highest BCUT2D eigenvalue weighted by molar-refractivity contribution is 5.90. The van der Waals surface area contributed by atoms with Gasteiger partial charge in [0.2, 0.25) is 0 Å². The lowest BCUT2D eigenvalue weighted by molar-refractivity contribution is 0.623. The first-order valence-corrected chi connectivity index (χ1v) is 6.65. The highest BCUT2D eigenvalue weighted by Crippen LogP contribution is 2.20. The van der Waals surface area contributed by atoms with Gasteiger partial charge < -0.3 is 4.57 Å². The van der Waals surface area contributed by atoms with Crippen LogP contribution in [0.5, 0.6) is 0 Å². The van der Waals surface area contributed by atoms with E-state index in [1.54, 1.807) is 7.05 Å². The molecule has 2 aromatic heterocycles. The van der Waals surface area contributed by atoms with Crippen molar-refractivity contribution in [2.24, 2.45) is 7.05 Å². The summed E-state index contributed by atoms with van der Waals surface area (Å²) in [4.78, 5) is 28.8. The maximum Gasteiger partial charge on any atom is 0.293 e. The van der Waals surface area contributed by atoms with Gasteiger partial charge in [0, 0.05) is 19.2 Å². The maximum atomic E-state index is 12.4. The minimum absolute atomic E-state index is 0.161. The fraction of sp³-hybridized carbons (Fsp3) is 0.200. The van der Waals surface area contributed by atoms with E-state index >= 15 is 0 Å². The molecule has 21 heavy (non-hydrogen) atoms. The molecule has 6 heteroatoms. The van der Waals surface area contributed by atoms with Crippen molar-refractivity contribution in [1.29, 1.82) is 0 Å². The molecule has 0 aliphatic heterocycles. The Bertz CT molecular complexity index is 926. The third kappa shape index (κ3) is 2.05. The molecule has 3 rings (SSSR count). The monoisotopic (exact) mass is 282 g/mol. The van der Waals surface area contributed by atoms with E-state index in [-0.39, 0.29) is 22.0 Å². The molecular weight excluding hydrogens is 268 g/mol. The van der Waals surface area contributed by atoms with E-state index in [1.165, 1.54) is 15.6 Å². The Hall–Kier alpha value is -2.76. The zero-order valence-corrected chi connectivity index (χ0v) is 11.8. The van der Waals surface area contributed by atoms with Gasteiger partial charge >= 0.3 is 0 Å². The lowest BCUT2D eigenvalue weighted by Crippen LogP contribution is -2.28. The van der Waals surface area contributed by atoms with Crippen LogP contribution in [0.4, 0.5) is 0 Å². The number of nitrogens with zero attached hydrogens (tertiary/aromatic N) is 4. The van der Waals surface area contributed by atoms with Crippen molar-refractivity contribution < 1.29 is 0 Å². The van der Waals surface area contributed by atoms with Crippen molar-refractivity contribution in [3.05, 3.63) is 57.4 Å². The summed E-state index contributed by atoms with van der Waals surface area (Å²) >= 11 is 0. The van der Waals surface area contributed by atoms with Crippen LogP contribution in [-0.2, 0) is 13.6 Å². The van der Waals surface area contributed by atoms with E-state index in [0.29, 0.717) is 12.2 Å². The van der Waals surface area contributed by atoms with Crippen LogP contribution in [0.3, 0.4) is 0 Å². The second kappa shape index (κ2) is 4.97. The Morgan fingerprint density at radius 2 is 1.81 bits per heavy atom. The van der Waals surface area contributed by atoms with Gasteiger partial charge in [0.25, 0.3) is 11.1 Å². The lowest BCUT2D eigenvalue weighted by Gasteiger charge is -2.09. The quantitative estimate of drug-likeness (QED) is 0.707. The third-order valence-corrected chi connectivity index (χ3v) is 3.37. The van der Waals surface area contributed by atoms with Crippen LogP contribution in [0, 0.1) is 0 Å². The minimum atomic E-state index is -0.343. The van der Waals surface area contributed by atoms with Gasteiger partial charge in [-0.3, -0.25) is 9.59 Å². The summed E-state index contributed by atoms with van der Waals surface area (Å²) in [5.74, 6) is 0. The van der Waals surface area contributed by atoms with Crippen molar-refractivity contribution in [1.82, 2.24) is 19.3 Å². The van der Waals surface area contributed by atoms with Crippen molar-refractivity contribution in [2.75, 3.05) is 0 Å². The number of fused-ring (bicyclic) bond motifs is 1. The Morgan fingerprint density at radius 3 is 2.48 bits per heavy atom. The maximum absolute atomic E-state index is 12.4.